The van der Waals surface area contributed by atoms with E-state index in [1.165, 1.54) is 135 Å². The number of hydrogen-bond donors (Lipinski definition) is 2. The van der Waals surface area contributed by atoms with Gasteiger partial charge in [-0.2, -0.15) is 0 Å². The molecular weight excluding hydrogens is 695 g/mol. The molecule has 0 fully saturated rings. The van der Waals surface area contributed by atoms with Crippen LogP contribution in [0.4, 0.5) is 0 Å². The van der Waals surface area contributed by atoms with E-state index in [1.807, 2.05) is 21.1 Å². The zero-order valence-electron chi connectivity index (χ0n) is 36.2. The van der Waals surface area contributed by atoms with Crippen LogP contribution >= 0.6 is 7.82 Å². The Kier molecular flexibility index (Phi) is 36.8. The van der Waals surface area contributed by atoms with Crippen molar-refractivity contribution in [2.75, 3.05) is 40.9 Å². The van der Waals surface area contributed by atoms with E-state index in [-0.39, 0.29) is 19.1 Å². The Hall–Kier alpha value is -1.02. The molecule has 0 heterocycles. The Morgan fingerprint density at radius 3 is 1.54 bits per heavy atom. The highest BCUT2D eigenvalue weighted by atomic mass is 31.2. The van der Waals surface area contributed by atoms with E-state index in [0.29, 0.717) is 23.9 Å². The molecule has 2 N–H and O–H groups in total. The molecule has 3 unspecified atom stereocenters. The van der Waals surface area contributed by atoms with E-state index in [1.54, 1.807) is 0 Å². The van der Waals surface area contributed by atoms with Crippen LogP contribution in [0.3, 0.4) is 0 Å². The van der Waals surface area contributed by atoms with Crippen molar-refractivity contribution in [3.63, 3.8) is 0 Å². The molecule has 9 heteroatoms. The second kappa shape index (κ2) is 37.6. The zero-order chi connectivity index (χ0) is 40.0. The van der Waals surface area contributed by atoms with Gasteiger partial charge in [0.15, 0.2) is 0 Å². The van der Waals surface area contributed by atoms with Crippen LogP contribution in [0.15, 0.2) is 24.3 Å². The van der Waals surface area contributed by atoms with E-state index in [4.69, 9.17) is 9.05 Å². The van der Waals surface area contributed by atoms with Gasteiger partial charge >= 0.3 is 0 Å². The standard InChI is InChI=1S/C45H89N2O6P/c1-6-8-10-12-14-16-17-18-19-20-21-22-23-24-25-26-27-28-29-31-33-35-37-39-45(49)46-43(42-53-54(50,51)52-41-40-47(3,4)5)44(48)38-36-34-32-30-15-13-11-9-7-2/h17-18,20-21,43-44,48H,6-16,19,22-42H2,1-5H3,(H-,46,49,50,51)/b18-17-,21-20-. The predicted molar refractivity (Wildman–Crippen MR) is 228 cm³/mol. The first-order chi connectivity index (χ1) is 26.0. The largest absolute Gasteiger partial charge is 0.756 e. The number of quaternary nitrogens is 1. The third-order valence-electron chi connectivity index (χ3n) is 10.2. The monoisotopic (exact) mass is 785 g/mol. The minimum Gasteiger partial charge on any atom is -0.756 e. The van der Waals surface area contributed by atoms with Crippen molar-refractivity contribution in [2.24, 2.45) is 0 Å². The van der Waals surface area contributed by atoms with Crippen molar-refractivity contribution >= 4 is 13.7 Å². The topological polar surface area (TPSA) is 108 Å². The van der Waals surface area contributed by atoms with Gasteiger partial charge in [-0.1, -0.05) is 179 Å². The number of hydrogen-bond acceptors (Lipinski definition) is 6. The molecule has 1 amide bonds. The lowest BCUT2D eigenvalue weighted by Crippen LogP contribution is -2.46. The molecule has 8 nitrogen and oxygen atoms in total. The minimum atomic E-state index is -4.56. The lowest BCUT2D eigenvalue weighted by atomic mass is 10.0. The highest BCUT2D eigenvalue weighted by Crippen LogP contribution is 2.38. The van der Waals surface area contributed by atoms with Crippen LogP contribution < -0.4 is 10.2 Å². The molecule has 0 aliphatic rings. The van der Waals surface area contributed by atoms with Gasteiger partial charge in [-0.25, -0.2) is 0 Å². The maximum absolute atomic E-state index is 12.8. The fourth-order valence-corrected chi connectivity index (χ4v) is 7.26. The number of nitrogens with zero attached hydrogens (tertiary/aromatic N) is 1. The quantitative estimate of drug-likeness (QED) is 0.0277. The van der Waals surface area contributed by atoms with Crippen LogP contribution in [0.2, 0.25) is 0 Å². The molecule has 3 atom stereocenters. The van der Waals surface area contributed by atoms with Crippen molar-refractivity contribution in [3.05, 3.63) is 24.3 Å². The van der Waals surface area contributed by atoms with Gasteiger partial charge in [0.05, 0.1) is 39.9 Å². The summed E-state index contributed by atoms with van der Waals surface area (Å²) in [5, 5.41) is 13.8. The second-order valence-electron chi connectivity index (χ2n) is 16.8. The molecule has 0 spiro atoms. The van der Waals surface area contributed by atoms with Gasteiger partial charge in [-0.05, 0) is 44.9 Å². The Morgan fingerprint density at radius 1 is 0.648 bits per heavy atom. The molecule has 0 aromatic heterocycles. The lowest BCUT2D eigenvalue weighted by molar-refractivity contribution is -0.870. The van der Waals surface area contributed by atoms with Gasteiger partial charge in [0.1, 0.15) is 13.2 Å². The summed E-state index contributed by atoms with van der Waals surface area (Å²) in [5.41, 5.74) is 0. The minimum absolute atomic E-state index is 0.0122. The normalized spacial score (nSPS) is 14.6. The molecule has 0 aliphatic carbocycles. The van der Waals surface area contributed by atoms with Gasteiger partial charge in [0.2, 0.25) is 5.91 Å². The molecule has 0 rings (SSSR count). The Balaban J connectivity index is 4.17. The molecule has 0 bridgehead atoms. The van der Waals surface area contributed by atoms with Gasteiger partial charge < -0.3 is 28.8 Å². The van der Waals surface area contributed by atoms with Crippen molar-refractivity contribution < 1.29 is 32.9 Å². The fraction of sp³-hybridized carbons (Fsp3) is 0.889. The van der Waals surface area contributed by atoms with Gasteiger partial charge in [0, 0.05) is 6.42 Å². The van der Waals surface area contributed by atoms with Crippen LogP contribution in [0.25, 0.3) is 0 Å². The molecule has 0 aromatic rings. The summed E-state index contributed by atoms with van der Waals surface area (Å²) in [4.78, 5) is 25.3. The third kappa shape index (κ3) is 39.2. The molecule has 0 saturated carbocycles. The number of likely N-dealkylation sites (N-methyl/N-ethyl adjacent to an activating group) is 1. The maximum Gasteiger partial charge on any atom is 0.268 e. The molecular formula is C45H89N2O6P. The number of phosphoric ester groups is 1. The average Bonchev–Trinajstić information content (AvgIpc) is 3.12. The van der Waals surface area contributed by atoms with Gasteiger partial charge in [0.25, 0.3) is 7.82 Å². The fourth-order valence-electron chi connectivity index (χ4n) is 6.54. The SMILES string of the molecule is CCCCCCC/C=C\C/C=C\CCCCCCCCCCCCCC(=O)NC(COP(=O)([O-])OCC[N+](C)(C)C)C(O)CCCCCCCCCCC. The predicted octanol–water partition coefficient (Wildman–Crippen LogP) is 11.9. The van der Waals surface area contributed by atoms with Gasteiger partial charge in [-0.3, -0.25) is 9.36 Å². The summed E-state index contributed by atoms with van der Waals surface area (Å²) in [6.07, 6.45) is 43.3. The first-order valence-electron chi connectivity index (χ1n) is 22.7. The summed E-state index contributed by atoms with van der Waals surface area (Å²) in [7, 11) is 1.30. The number of amides is 1. The number of nitrogens with one attached hydrogen (secondary N) is 1. The van der Waals surface area contributed by atoms with E-state index < -0.39 is 20.0 Å². The number of aliphatic hydroxyl groups excluding tert-OH is 1. The zero-order valence-corrected chi connectivity index (χ0v) is 37.1. The smallest absolute Gasteiger partial charge is 0.268 e. The van der Waals surface area contributed by atoms with E-state index in [0.717, 1.165) is 44.9 Å². The van der Waals surface area contributed by atoms with Crippen LogP contribution in [0.5, 0.6) is 0 Å². The van der Waals surface area contributed by atoms with E-state index >= 15 is 0 Å². The molecule has 0 aromatic carbocycles. The van der Waals surface area contributed by atoms with Gasteiger partial charge in [-0.15, -0.1) is 0 Å². The maximum atomic E-state index is 12.8. The van der Waals surface area contributed by atoms with Crippen molar-refractivity contribution in [1.29, 1.82) is 0 Å². The van der Waals surface area contributed by atoms with E-state index in [9.17, 15) is 19.4 Å². The molecule has 320 valence electrons. The molecule has 0 saturated heterocycles. The lowest BCUT2D eigenvalue weighted by Gasteiger charge is -2.30. The number of aliphatic hydroxyl groups is 1. The van der Waals surface area contributed by atoms with Crippen molar-refractivity contribution in [2.45, 2.75) is 219 Å². The second-order valence-corrected chi connectivity index (χ2v) is 18.2. The Bertz CT molecular complexity index is 938. The summed E-state index contributed by atoms with van der Waals surface area (Å²) in [6.45, 7) is 4.68. The number of rotatable bonds is 41. The summed E-state index contributed by atoms with van der Waals surface area (Å²) in [5.74, 6) is -0.169. The van der Waals surface area contributed by atoms with E-state index in [2.05, 4.69) is 43.5 Å². The summed E-state index contributed by atoms with van der Waals surface area (Å²) >= 11 is 0. The number of unbranched alkanes of at least 4 members (excludes halogenated alkanes) is 24. The number of allylic oxidation sites excluding steroid dienone is 4. The molecule has 0 aliphatic heterocycles. The number of phosphoric acid groups is 1. The van der Waals surface area contributed by atoms with Crippen molar-refractivity contribution in [3.8, 4) is 0 Å². The van der Waals surface area contributed by atoms with Crippen molar-refractivity contribution in [1.82, 2.24) is 5.32 Å². The highest BCUT2D eigenvalue weighted by molar-refractivity contribution is 7.45. The third-order valence-corrected chi connectivity index (χ3v) is 11.2. The van der Waals surface area contributed by atoms with Crippen LogP contribution in [-0.2, 0) is 18.4 Å². The number of carbonyl (C=O) groups is 1. The summed E-state index contributed by atoms with van der Waals surface area (Å²) < 4.78 is 23.2. The van der Waals surface area contributed by atoms with Crippen LogP contribution in [0.1, 0.15) is 206 Å². The Labute approximate surface area is 334 Å². The van der Waals surface area contributed by atoms with Crippen LogP contribution in [-0.4, -0.2) is 68.5 Å². The summed E-state index contributed by atoms with van der Waals surface area (Å²) in [6, 6.07) is -0.797. The number of carbonyl (C=O) groups excluding carboxylic acids is 1. The highest BCUT2D eigenvalue weighted by Gasteiger charge is 2.24. The Morgan fingerprint density at radius 2 is 1.07 bits per heavy atom. The van der Waals surface area contributed by atoms with Crippen LogP contribution in [0, 0.1) is 0 Å². The first-order valence-corrected chi connectivity index (χ1v) is 24.1. The first kappa shape index (κ1) is 53.0. The molecule has 0 radical (unpaired) electrons. The molecule has 54 heavy (non-hydrogen) atoms. The average molecular weight is 785 g/mol.